The van der Waals surface area contributed by atoms with E-state index in [1.54, 1.807) is 0 Å². The van der Waals surface area contributed by atoms with Crippen molar-refractivity contribution in [2.45, 2.75) is 65.1 Å². The molecule has 17 heavy (non-hydrogen) atoms. The Bertz CT molecular complexity index is 365. The monoisotopic (exact) mass is 244 g/mol. The average Bonchev–Trinajstić information content (AvgIpc) is 2.24. The van der Waals surface area contributed by atoms with E-state index in [-0.39, 0.29) is 0 Å². The Morgan fingerprint density at radius 2 is 1.35 bits per heavy atom. The molecule has 0 amide bonds. The molecule has 0 aliphatic carbocycles. The molecule has 92 valence electrons. The first-order chi connectivity index (χ1) is 8.06. The van der Waals surface area contributed by atoms with Crippen molar-refractivity contribution in [1.29, 1.82) is 0 Å². The minimum atomic E-state index is -1.21. The summed E-state index contributed by atoms with van der Waals surface area (Å²) in [6.45, 7) is 8.94. The van der Waals surface area contributed by atoms with Gasteiger partial charge in [-0.3, -0.25) is 0 Å². The zero-order chi connectivity index (χ0) is 13.0. The van der Waals surface area contributed by atoms with Crippen molar-refractivity contribution in [3.05, 3.63) is 0 Å². The second kappa shape index (κ2) is 10.1. The standard InChI is InChI=1S/C16H24Si/c1-5-6-7-8-9-10-11-12-13-14-15-16-17(2,3)4/h5-8,11,14H2,1-4H3. The highest BCUT2D eigenvalue weighted by Gasteiger charge is 2.06. The lowest BCUT2D eigenvalue weighted by Crippen LogP contribution is -2.16. The summed E-state index contributed by atoms with van der Waals surface area (Å²) in [5.74, 6) is 15.5. The van der Waals surface area contributed by atoms with Crippen LogP contribution in [0.15, 0.2) is 0 Å². The molecule has 0 aromatic heterocycles. The number of rotatable bonds is 3. The first-order valence-corrected chi connectivity index (χ1v) is 9.97. The van der Waals surface area contributed by atoms with Crippen LogP contribution in [0.5, 0.6) is 0 Å². The number of hydrogen-bond donors (Lipinski definition) is 0. The van der Waals surface area contributed by atoms with Crippen molar-refractivity contribution < 1.29 is 0 Å². The van der Waals surface area contributed by atoms with Gasteiger partial charge in [0.25, 0.3) is 0 Å². The van der Waals surface area contributed by atoms with Gasteiger partial charge < -0.3 is 0 Å². The van der Waals surface area contributed by atoms with E-state index < -0.39 is 8.07 Å². The Morgan fingerprint density at radius 1 is 0.765 bits per heavy atom. The lowest BCUT2D eigenvalue weighted by molar-refractivity contribution is 0.737. The van der Waals surface area contributed by atoms with Gasteiger partial charge in [-0.25, -0.2) is 0 Å². The van der Waals surface area contributed by atoms with Gasteiger partial charge in [0, 0.05) is 6.42 Å². The van der Waals surface area contributed by atoms with E-state index in [0.29, 0.717) is 12.8 Å². The van der Waals surface area contributed by atoms with E-state index in [2.05, 4.69) is 61.7 Å². The van der Waals surface area contributed by atoms with Crippen LogP contribution in [0.4, 0.5) is 0 Å². The molecule has 0 nitrogen and oxygen atoms in total. The van der Waals surface area contributed by atoms with Crippen molar-refractivity contribution in [3.63, 3.8) is 0 Å². The Kier molecular flexibility index (Phi) is 9.42. The molecule has 0 rings (SSSR count). The average molecular weight is 244 g/mol. The van der Waals surface area contributed by atoms with E-state index in [0.717, 1.165) is 6.42 Å². The molecule has 0 saturated heterocycles. The fourth-order valence-corrected chi connectivity index (χ4v) is 1.76. The summed E-state index contributed by atoms with van der Waals surface area (Å²) in [5.41, 5.74) is 3.30. The SMILES string of the molecule is CCCCCC#CCC#CCC#C[Si](C)(C)C. The van der Waals surface area contributed by atoms with Crippen molar-refractivity contribution >= 4 is 8.07 Å². The fourth-order valence-electron chi connectivity index (χ4n) is 1.14. The van der Waals surface area contributed by atoms with Crippen molar-refractivity contribution in [2.24, 2.45) is 0 Å². The lowest BCUT2D eigenvalue weighted by Gasteiger charge is -2.02. The van der Waals surface area contributed by atoms with Gasteiger partial charge in [0.05, 0.1) is 12.8 Å². The smallest absolute Gasteiger partial charge is 0.129 e. The molecule has 0 heterocycles. The highest BCUT2D eigenvalue weighted by atomic mass is 28.3. The van der Waals surface area contributed by atoms with Crippen LogP contribution in [-0.4, -0.2) is 8.07 Å². The van der Waals surface area contributed by atoms with Crippen LogP contribution in [0, 0.1) is 35.1 Å². The number of unbranched alkanes of at least 4 members (excludes halogenated alkanes) is 3. The lowest BCUT2D eigenvalue weighted by atomic mass is 10.2. The summed E-state index contributed by atoms with van der Waals surface area (Å²) in [6, 6.07) is 0. The van der Waals surface area contributed by atoms with Crippen LogP contribution in [0.25, 0.3) is 0 Å². The van der Waals surface area contributed by atoms with Crippen LogP contribution < -0.4 is 0 Å². The minimum Gasteiger partial charge on any atom is -0.131 e. The number of hydrogen-bond acceptors (Lipinski definition) is 0. The first kappa shape index (κ1) is 15.9. The molecule has 0 spiro atoms. The van der Waals surface area contributed by atoms with Gasteiger partial charge >= 0.3 is 0 Å². The molecule has 0 saturated carbocycles. The molecule has 0 bridgehead atoms. The molecule has 0 fully saturated rings. The van der Waals surface area contributed by atoms with Gasteiger partial charge in [-0.2, -0.15) is 0 Å². The quantitative estimate of drug-likeness (QED) is 0.396. The minimum absolute atomic E-state index is 0.695. The van der Waals surface area contributed by atoms with Gasteiger partial charge in [0.1, 0.15) is 8.07 Å². The summed E-state index contributed by atoms with van der Waals surface area (Å²) < 4.78 is 0. The van der Waals surface area contributed by atoms with E-state index in [1.807, 2.05) is 0 Å². The Balaban J connectivity index is 3.64. The molecule has 0 unspecified atom stereocenters. The van der Waals surface area contributed by atoms with Crippen molar-refractivity contribution in [1.82, 2.24) is 0 Å². The maximum Gasteiger partial charge on any atom is 0.129 e. The van der Waals surface area contributed by atoms with E-state index in [1.165, 1.54) is 19.3 Å². The highest BCUT2D eigenvalue weighted by Crippen LogP contribution is 1.97. The summed E-state index contributed by atoms with van der Waals surface area (Å²) in [5, 5.41) is 0. The van der Waals surface area contributed by atoms with Crippen LogP contribution in [0.3, 0.4) is 0 Å². The molecular formula is C16H24Si. The third-order valence-corrected chi connectivity index (χ3v) is 2.90. The van der Waals surface area contributed by atoms with Crippen molar-refractivity contribution in [2.75, 3.05) is 0 Å². The van der Waals surface area contributed by atoms with Crippen LogP contribution in [0.1, 0.15) is 45.4 Å². The Labute approximate surface area is 109 Å². The molecule has 0 atom stereocenters. The van der Waals surface area contributed by atoms with Crippen LogP contribution >= 0.6 is 0 Å². The van der Waals surface area contributed by atoms with E-state index in [4.69, 9.17) is 0 Å². The predicted molar refractivity (Wildman–Crippen MR) is 80.1 cm³/mol. The molecule has 0 aliphatic rings. The summed E-state index contributed by atoms with van der Waals surface area (Å²) in [4.78, 5) is 0. The zero-order valence-corrected chi connectivity index (χ0v) is 12.7. The molecule has 0 N–H and O–H groups in total. The maximum atomic E-state index is 3.30. The fraction of sp³-hybridized carbons (Fsp3) is 0.625. The second-order valence-corrected chi connectivity index (χ2v) is 9.82. The molecule has 0 aromatic carbocycles. The van der Waals surface area contributed by atoms with E-state index >= 15 is 0 Å². The third-order valence-electron chi connectivity index (χ3n) is 1.97. The molecule has 0 aliphatic heterocycles. The molecule has 0 aromatic rings. The van der Waals surface area contributed by atoms with E-state index in [9.17, 15) is 0 Å². The van der Waals surface area contributed by atoms with Crippen LogP contribution in [0.2, 0.25) is 19.6 Å². The van der Waals surface area contributed by atoms with Crippen molar-refractivity contribution in [3.8, 4) is 35.1 Å². The first-order valence-electron chi connectivity index (χ1n) is 6.47. The van der Waals surface area contributed by atoms with Gasteiger partial charge in [0.15, 0.2) is 0 Å². The topological polar surface area (TPSA) is 0 Å². The van der Waals surface area contributed by atoms with Gasteiger partial charge in [-0.05, 0) is 6.42 Å². The second-order valence-electron chi connectivity index (χ2n) is 5.07. The van der Waals surface area contributed by atoms with Gasteiger partial charge in [-0.1, -0.05) is 63.1 Å². The Hall–Kier alpha value is -1.10. The molecule has 1 heteroatoms. The largest absolute Gasteiger partial charge is 0.131 e. The third kappa shape index (κ3) is 14.9. The molecule has 0 radical (unpaired) electrons. The summed E-state index contributed by atoms with van der Waals surface area (Å²) >= 11 is 0. The maximum absolute atomic E-state index is 3.30. The van der Waals surface area contributed by atoms with Crippen LogP contribution in [-0.2, 0) is 0 Å². The normalized spacial score (nSPS) is 9.18. The molecular weight excluding hydrogens is 220 g/mol. The van der Waals surface area contributed by atoms with Gasteiger partial charge in [-0.15, -0.1) is 11.5 Å². The highest BCUT2D eigenvalue weighted by molar-refractivity contribution is 6.83. The van der Waals surface area contributed by atoms with Gasteiger partial charge in [0.2, 0.25) is 0 Å². The summed E-state index contributed by atoms with van der Waals surface area (Å²) in [7, 11) is -1.21. The summed E-state index contributed by atoms with van der Waals surface area (Å²) in [6.07, 6.45) is 6.18. The Morgan fingerprint density at radius 3 is 1.94 bits per heavy atom. The predicted octanol–water partition coefficient (Wildman–Crippen LogP) is 4.23. The zero-order valence-electron chi connectivity index (χ0n) is 11.7.